The Balaban J connectivity index is 1.66. The van der Waals surface area contributed by atoms with Gasteiger partial charge in [0.1, 0.15) is 6.10 Å². The molecule has 0 aliphatic heterocycles. The lowest BCUT2D eigenvalue weighted by atomic mass is 10.1. The van der Waals surface area contributed by atoms with Gasteiger partial charge in [-0.25, -0.2) is 9.78 Å². The van der Waals surface area contributed by atoms with E-state index < -0.39 is 23.8 Å². The Morgan fingerprint density at radius 3 is 2.77 bits per heavy atom. The highest BCUT2D eigenvalue weighted by molar-refractivity contribution is 5.68. The number of pyridine rings is 1. The molecule has 4 rings (SSSR count). The van der Waals surface area contributed by atoms with Gasteiger partial charge in [0, 0.05) is 18.2 Å². The molecule has 30 heavy (non-hydrogen) atoms. The van der Waals surface area contributed by atoms with E-state index in [1.54, 1.807) is 0 Å². The number of amides is 1. The Labute approximate surface area is 175 Å². The largest absolute Gasteiger partial charge is 0.478 e. The van der Waals surface area contributed by atoms with Gasteiger partial charge >= 0.3 is 6.09 Å². The second-order valence-electron chi connectivity index (χ2n) is 8.63. The summed E-state index contributed by atoms with van der Waals surface area (Å²) in [5, 5.41) is 12.5. The van der Waals surface area contributed by atoms with Crippen molar-refractivity contribution in [1.82, 2.24) is 14.7 Å². The molecule has 2 atom stereocenters. The molecule has 2 N–H and O–H groups in total. The van der Waals surface area contributed by atoms with E-state index in [1.807, 2.05) is 74.7 Å². The minimum absolute atomic E-state index is 0.110. The fourth-order valence-electron chi connectivity index (χ4n) is 3.86. The summed E-state index contributed by atoms with van der Waals surface area (Å²) in [6.45, 7) is 7.47. The zero-order valence-corrected chi connectivity index (χ0v) is 17.7. The van der Waals surface area contributed by atoms with Gasteiger partial charge in [-0.1, -0.05) is 24.3 Å². The lowest BCUT2D eigenvalue weighted by Gasteiger charge is -2.25. The highest BCUT2D eigenvalue weighted by Gasteiger charge is 2.38. The number of nitrogens with one attached hydrogen (secondary N) is 1. The topological polar surface area (TPSA) is 85.1 Å². The zero-order valence-electron chi connectivity index (χ0n) is 17.7. The minimum atomic E-state index is -0.466. The summed E-state index contributed by atoms with van der Waals surface area (Å²) in [4.78, 5) is 17.0. The van der Waals surface area contributed by atoms with Gasteiger partial charge in [-0.15, -0.1) is 0 Å². The van der Waals surface area contributed by atoms with Crippen LogP contribution in [0.15, 0.2) is 42.6 Å². The molecule has 3 aromatic rings. The normalized spacial score (nSPS) is 18.3. The Hall–Kier alpha value is -3.06. The molecule has 0 unspecified atom stereocenters. The molecule has 0 saturated heterocycles. The molecule has 1 aromatic carbocycles. The lowest BCUT2D eigenvalue weighted by Crippen LogP contribution is -2.43. The van der Waals surface area contributed by atoms with Gasteiger partial charge in [0.25, 0.3) is 0 Å². The van der Waals surface area contributed by atoms with E-state index in [0.29, 0.717) is 17.8 Å². The lowest BCUT2D eigenvalue weighted by molar-refractivity contribution is 0.0236. The van der Waals surface area contributed by atoms with Gasteiger partial charge < -0.3 is 19.9 Å². The van der Waals surface area contributed by atoms with Crippen LogP contribution < -0.4 is 10.1 Å². The molecule has 158 valence electrons. The predicted molar refractivity (Wildman–Crippen MR) is 113 cm³/mol. The van der Waals surface area contributed by atoms with Gasteiger partial charge in [-0.05, 0) is 51.0 Å². The van der Waals surface area contributed by atoms with Crippen molar-refractivity contribution < 1.29 is 19.4 Å². The molecule has 7 nitrogen and oxygen atoms in total. The van der Waals surface area contributed by atoms with E-state index in [1.165, 1.54) is 0 Å². The number of imidazole rings is 1. The maximum absolute atomic E-state index is 12.4. The molecule has 0 radical (unpaired) electrons. The molecule has 0 fully saturated rings. The smallest absolute Gasteiger partial charge is 0.407 e. The summed E-state index contributed by atoms with van der Waals surface area (Å²) < 4.78 is 14.0. The third-order valence-corrected chi connectivity index (χ3v) is 5.17. The van der Waals surface area contributed by atoms with E-state index in [2.05, 4.69) is 10.3 Å². The minimum Gasteiger partial charge on any atom is -0.478 e. The Morgan fingerprint density at radius 2 is 2.03 bits per heavy atom. The fraction of sp³-hybridized carbons (Fsp3) is 0.391. The average Bonchev–Trinajstić information content (AvgIpc) is 3.17. The van der Waals surface area contributed by atoms with Crippen LogP contribution in [0.25, 0.3) is 5.65 Å². The number of carbonyl (C=O) groups is 1. The second kappa shape index (κ2) is 7.65. The van der Waals surface area contributed by atoms with Crippen LogP contribution in [0, 0.1) is 6.92 Å². The summed E-state index contributed by atoms with van der Waals surface area (Å²) in [5.41, 5.74) is 3.80. The van der Waals surface area contributed by atoms with Gasteiger partial charge in [-0.3, -0.25) is 4.40 Å². The van der Waals surface area contributed by atoms with Crippen molar-refractivity contribution in [2.75, 3.05) is 0 Å². The molecule has 0 saturated carbocycles. The maximum Gasteiger partial charge on any atom is 0.407 e. The van der Waals surface area contributed by atoms with Crippen LogP contribution in [0.3, 0.4) is 0 Å². The Bertz CT molecular complexity index is 1080. The first-order valence-corrected chi connectivity index (χ1v) is 10.1. The summed E-state index contributed by atoms with van der Waals surface area (Å²) >= 11 is 0. The monoisotopic (exact) mass is 409 g/mol. The highest BCUT2D eigenvalue weighted by Crippen LogP contribution is 2.38. The second-order valence-corrected chi connectivity index (χ2v) is 8.63. The van der Waals surface area contributed by atoms with Crippen molar-refractivity contribution in [3.05, 3.63) is 65.1 Å². The SMILES string of the molecule is Cc1nc2c(O[C@@H]3c4ccccc4C[C@H]3OC(=O)NC(C)(C)C)cccn2c1CO. The quantitative estimate of drug-likeness (QED) is 0.686. The van der Waals surface area contributed by atoms with Crippen molar-refractivity contribution in [3.8, 4) is 5.75 Å². The molecule has 1 amide bonds. The first-order valence-electron chi connectivity index (χ1n) is 10.1. The zero-order chi connectivity index (χ0) is 21.5. The van der Waals surface area contributed by atoms with Crippen LogP contribution in [-0.2, 0) is 17.8 Å². The Morgan fingerprint density at radius 1 is 1.27 bits per heavy atom. The Kier molecular flexibility index (Phi) is 5.15. The van der Waals surface area contributed by atoms with Gasteiger partial charge in [0.2, 0.25) is 0 Å². The van der Waals surface area contributed by atoms with Crippen molar-refractivity contribution in [1.29, 1.82) is 0 Å². The average molecular weight is 409 g/mol. The fourth-order valence-corrected chi connectivity index (χ4v) is 3.86. The number of hydrogen-bond acceptors (Lipinski definition) is 5. The number of carbonyl (C=O) groups excluding carboxylic acids is 1. The summed E-state index contributed by atoms with van der Waals surface area (Å²) in [7, 11) is 0. The standard InChI is InChI=1S/C23H27N3O4/c1-14-17(13-27)26-11-7-10-18(21(26)24-14)29-20-16-9-6-5-8-15(16)12-19(20)30-22(28)25-23(2,3)4/h5-11,19-20,27H,12-13H2,1-4H3,(H,25,28)/t19-,20-/m1/s1. The number of alkyl carbamates (subject to hydrolysis) is 1. The third kappa shape index (κ3) is 3.85. The molecule has 7 heteroatoms. The van der Waals surface area contributed by atoms with Crippen molar-refractivity contribution in [3.63, 3.8) is 0 Å². The van der Waals surface area contributed by atoms with Crippen LogP contribution in [0.5, 0.6) is 5.75 Å². The highest BCUT2D eigenvalue weighted by atomic mass is 16.6. The number of aromatic nitrogens is 2. The summed E-state index contributed by atoms with van der Waals surface area (Å²) in [6.07, 6.45) is 1.05. The molecule has 2 aromatic heterocycles. The summed E-state index contributed by atoms with van der Waals surface area (Å²) in [5.74, 6) is 0.576. The van der Waals surface area contributed by atoms with E-state index in [-0.39, 0.29) is 6.61 Å². The van der Waals surface area contributed by atoms with Crippen molar-refractivity contribution in [2.45, 2.75) is 58.5 Å². The third-order valence-electron chi connectivity index (χ3n) is 5.17. The molecular weight excluding hydrogens is 382 g/mol. The number of benzene rings is 1. The first kappa shape index (κ1) is 20.2. The van der Waals surface area contributed by atoms with Crippen LogP contribution >= 0.6 is 0 Å². The molecule has 0 spiro atoms. The van der Waals surface area contributed by atoms with Gasteiger partial charge in [0.05, 0.1) is 18.0 Å². The van der Waals surface area contributed by atoms with Gasteiger partial charge in [-0.2, -0.15) is 0 Å². The number of aryl methyl sites for hydroxylation is 1. The number of fused-ring (bicyclic) bond motifs is 2. The molecular formula is C23H27N3O4. The number of ether oxygens (including phenoxy) is 2. The number of aliphatic hydroxyl groups excluding tert-OH is 1. The molecule has 1 aliphatic carbocycles. The first-order chi connectivity index (χ1) is 14.3. The van der Waals surface area contributed by atoms with E-state index in [4.69, 9.17) is 9.47 Å². The van der Waals surface area contributed by atoms with E-state index in [0.717, 1.165) is 22.5 Å². The molecule has 2 heterocycles. The van der Waals surface area contributed by atoms with Crippen molar-refractivity contribution in [2.24, 2.45) is 0 Å². The van der Waals surface area contributed by atoms with Crippen LogP contribution in [-0.4, -0.2) is 32.2 Å². The maximum atomic E-state index is 12.4. The van der Waals surface area contributed by atoms with E-state index >= 15 is 0 Å². The van der Waals surface area contributed by atoms with Gasteiger partial charge in [0.15, 0.2) is 17.5 Å². The number of aliphatic hydroxyl groups is 1. The van der Waals surface area contributed by atoms with Crippen LogP contribution in [0.4, 0.5) is 4.79 Å². The van der Waals surface area contributed by atoms with Crippen molar-refractivity contribution >= 4 is 11.7 Å². The predicted octanol–water partition coefficient (Wildman–Crippen LogP) is 3.70. The van der Waals surface area contributed by atoms with Crippen LogP contribution in [0.2, 0.25) is 0 Å². The van der Waals surface area contributed by atoms with E-state index in [9.17, 15) is 9.90 Å². The van der Waals surface area contributed by atoms with Crippen LogP contribution in [0.1, 0.15) is 49.4 Å². The number of nitrogens with zero attached hydrogens (tertiary/aromatic N) is 2. The number of hydrogen-bond donors (Lipinski definition) is 2. The molecule has 1 aliphatic rings. The summed E-state index contributed by atoms with van der Waals surface area (Å²) in [6, 6.07) is 11.7. The molecule has 0 bridgehead atoms. The number of rotatable bonds is 4.